The predicted molar refractivity (Wildman–Crippen MR) is 142 cm³/mol. The van der Waals surface area contributed by atoms with Crippen molar-refractivity contribution < 1.29 is 24.1 Å². The van der Waals surface area contributed by atoms with Gasteiger partial charge in [-0.25, -0.2) is 0 Å². The zero-order valence-corrected chi connectivity index (χ0v) is 21.7. The summed E-state index contributed by atoms with van der Waals surface area (Å²) in [4.78, 5) is 28.1. The Kier molecular flexibility index (Phi) is 5.99. The van der Waals surface area contributed by atoms with Crippen molar-refractivity contribution in [3.05, 3.63) is 86.5 Å². The first-order valence-corrected chi connectivity index (χ1v) is 12.8. The number of aryl methyl sites for hydroxylation is 1. The molecule has 2 atom stereocenters. The number of allylic oxidation sites excluding steroid dienone is 1. The van der Waals surface area contributed by atoms with Gasteiger partial charge in [-0.15, -0.1) is 0 Å². The average molecular weight is 515 g/mol. The number of carbonyl (C=O) groups excluding carboxylic acids is 1. The van der Waals surface area contributed by atoms with E-state index < -0.39 is 0 Å². The summed E-state index contributed by atoms with van der Waals surface area (Å²) < 4.78 is 18.8. The number of fused-ring (bicyclic) bond motifs is 5. The molecule has 1 aromatic heterocycles. The third kappa shape index (κ3) is 4.05. The molecule has 3 aliphatic rings. The summed E-state index contributed by atoms with van der Waals surface area (Å²) in [5.41, 5.74) is 3.56. The summed E-state index contributed by atoms with van der Waals surface area (Å²) in [6.45, 7) is 4.53. The standard InChI is InChI=1S/C30H30N2O6/c1-17-9-24(33)22(16-31-13-18-10-20(15-31)23-5-4-6-27(34)32(23)14-18)30-28(17)29(35)26(38-30)11-19-7-8-21(36-2)12-25(19)37-3/h4-9,11-12,18,20,33H,10,13-16H2,1-3H3/b26-11-/t18-,20+/m1/s1. The van der Waals surface area contributed by atoms with Crippen LogP contribution in [0, 0.1) is 12.8 Å². The lowest BCUT2D eigenvalue weighted by molar-refractivity contribution is 0.101. The highest BCUT2D eigenvalue weighted by atomic mass is 16.5. The Morgan fingerprint density at radius 3 is 2.71 bits per heavy atom. The molecule has 1 fully saturated rings. The molecule has 1 saturated heterocycles. The van der Waals surface area contributed by atoms with Gasteiger partial charge < -0.3 is 23.9 Å². The molecule has 0 spiro atoms. The lowest BCUT2D eigenvalue weighted by Gasteiger charge is -2.43. The molecular weight excluding hydrogens is 484 g/mol. The number of hydrogen-bond donors (Lipinski definition) is 1. The highest BCUT2D eigenvalue weighted by Gasteiger charge is 2.37. The summed E-state index contributed by atoms with van der Waals surface area (Å²) in [6, 6.07) is 12.5. The van der Waals surface area contributed by atoms with E-state index in [9.17, 15) is 14.7 Å². The van der Waals surface area contributed by atoms with Crippen LogP contribution >= 0.6 is 0 Å². The molecule has 196 valence electrons. The summed E-state index contributed by atoms with van der Waals surface area (Å²) in [7, 11) is 3.14. The molecule has 4 heterocycles. The van der Waals surface area contributed by atoms with Crippen LogP contribution in [0.5, 0.6) is 23.0 Å². The van der Waals surface area contributed by atoms with E-state index in [-0.39, 0.29) is 28.8 Å². The Bertz CT molecular complexity index is 1540. The number of Topliss-reactive ketones (excluding diaryl/α,β-unsaturated/α-hetero) is 1. The summed E-state index contributed by atoms with van der Waals surface area (Å²) in [5.74, 6) is 2.29. The first kappa shape index (κ1) is 24.3. The van der Waals surface area contributed by atoms with Crippen molar-refractivity contribution in [2.75, 3.05) is 27.3 Å². The Hall–Kier alpha value is -4.04. The SMILES string of the molecule is COc1ccc(/C=C2\Oc3c(CN4C[C@H]5C[C@@H](C4)c4cccc(=O)n4C5)c(O)cc(C)c3C2=O)c(OC)c1. The molecule has 38 heavy (non-hydrogen) atoms. The van der Waals surface area contributed by atoms with Crippen LogP contribution in [-0.2, 0) is 13.1 Å². The molecule has 2 aromatic carbocycles. The molecule has 0 amide bonds. The van der Waals surface area contributed by atoms with E-state index in [0.29, 0.717) is 58.5 Å². The number of aromatic nitrogens is 1. The predicted octanol–water partition coefficient (Wildman–Crippen LogP) is 4.12. The van der Waals surface area contributed by atoms with Crippen LogP contribution in [0.1, 0.15) is 45.1 Å². The molecule has 1 N–H and O–H groups in total. The Balaban J connectivity index is 1.31. The third-order valence-corrected chi connectivity index (χ3v) is 7.89. The first-order chi connectivity index (χ1) is 18.4. The van der Waals surface area contributed by atoms with Gasteiger partial charge in [-0.05, 0) is 55.2 Å². The highest BCUT2D eigenvalue weighted by Crippen LogP contribution is 2.44. The average Bonchev–Trinajstić information content (AvgIpc) is 3.23. The van der Waals surface area contributed by atoms with E-state index in [1.54, 1.807) is 51.5 Å². The summed E-state index contributed by atoms with van der Waals surface area (Å²) in [5, 5.41) is 11.0. The largest absolute Gasteiger partial charge is 0.507 e. The Morgan fingerprint density at radius 2 is 1.92 bits per heavy atom. The van der Waals surface area contributed by atoms with Crippen molar-refractivity contribution in [1.29, 1.82) is 0 Å². The van der Waals surface area contributed by atoms with E-state index in [1.807, 2.05) is 22.8 Å². The number of pyridine rings is 1. The van der Waals surface area contributed by atoms with Gasteiger partial charge in [0.05, 0.1) is 25.3 Å². The van der Waals surface area contributed by atoms with Gasteiger partial charge in [0.2, 0.25) is 5.78 Å². The fourth-order valence-electron chi connectivity index (χ4n) is 6.16. The second-order valence-electron chi connectivity index (χ2n) is 10.3. The number of likely N-dealkylation sites (tertiary alicyclic amines) is 1. The zero-order chi connectivity index (χ0) is 26.6. The highest BCUT2D eigenvalue weighted by molar-refractivity contribution is 6.16. The number of ketones is 1. The number of ether oxygens (including phenoxy) is 3. The van der Waals surface area contributed by atoms with Crippen LogP contribution in [0.3, 0.4) is 0 Å². The van der Waals surface area contributed by atoms with E-state index in [0.717, 1.165) is 25.2 Å². The number of rotatable bonds is 5. The van der Waals surface area contributed by atoms with Gasteiger partial charge in [-0.2, -0.15) is 0 Å². The number of phenolic OH excluding ortho intramolecular Hbond substituents is 1. The number of nitrogens with zero attached hydrogens (tertiary/aromatic N) is 2. The van der Waals surface area contributed by atoms with Crippen molar-refractivity contribution in [3.8, 4) is 23.0 Å². The molecule has 0 saturated carbocycles. The third-order valence-electron chi connectivity index (χ3n) is 7.89. The van der Waals surface area contributed by atoms with Crippen molar-refractivity contribution >= 4 is 11.9 Å². The Morgan fingerprint density at radius 1 is 1.08 bits per heavy atom. The number of benzene rings is 2. The minimum atomic E-state index is -0.222. The second-order valence-corrected chi connectivity index (χ2v) is 10.3. The van der Waals surface area contributed by atoms with Crippen molar-refractivity contribution in [2.24, 2.45) is 5.92 Å². The molecule has 2 bridgehead atoms. The van der Waals surface area contributed by atoms with Gasteiger partial charge >= 0.3 is 0 Å². The molecular formula is C30H30N2O6. The lowest BCUT2D eigenvalue weighted by Crippen LogP contribution is -2.46. The fourth-order valence-corrected chi connectivity index (χ4v) is 6.16. The molecule has 3 aliphatic heterocycles. The van der Waals surface area contributed by atoms with Crippen molar-refractivity contribution in [3.63, 3.8) is 0 Å². The van der Waals surface area contributed by atoms with Gasteiger partial charge in [0.25, 0.3) is 5.56 Å². The van der Waals surface area contributed by atoms with Crippen LogP contribution in [0.2, 0.25) is 0 Å². The maximum absolute atomic E-state index is 13.4. The van der Waals surface area contributed by atoms with E-state index >= 15 is 0 Å². The molecule has 8 heteroatoms. The molecule has 0 radical (unpaired) electrons. The quantitative estimate of drug-likeness (QED) is 0.513. The molecule has 0 unspecified atom stereocenters. The number of hydrogen-bond acceptors (Lipinski definition) is 7. The Labute approximate surface area is 220 Å². The minimum Gasteiger partial charge on any atom is -0.507 e. The topological polar surface area (TPSA) is 90.2 Å². The number of aromatic hydroxyl groups is 1. The second kappa shape index (κ2) is 9.36. The monoisotopic (exact) mass is 514 g/mol. The smallest absolute Gasteiger partial charge is 0.250 e. The molecule has 3 aromatic rings. The van der Waals surface area contributed by atoms with Crippen LogP contribution in [0.25, 0.3) is 6.08 Å². The zero-order valence-electron chi connectivity index (χ0n) is 21.7. The van der Waals surface area contributed by atoms with Gasteiger partial charge in [0.15, 0.2) is 5.76 Å². The van der Waals surface area contributed by atoms with Gasteiger partial charge in [0, 0.05) is 55.5 Å². The molecule has 0 aliphatic carbocycles. The summed E-state index contributed by atoms with van der Waals surface area (Å²) >= 11 is 0. The number of phenols is 1. The minimum absolute atomic E-state index is 0.0550. The van der Waals surface area contributed by atoms with Crippen molar-refractivity contribution in [2.45, 2.75) is 32.4 Å². The van der Waals surface area contributed by atoms with E-state index in [1.165, 1.54) is 0 Å². The van der Waals surface area contributed by atoms with Gasteiger partial charge in [0.1, 0.15) is 23.0 Å². The fraction of sp³-hybridized carbons (Fsp3) is 0.333. The normalized spacial score (nSPS) is 21.1. The van der Waals surface area contributed by atoms with Gasteiger partial charge in [-0.3, -0.25) is 14.5 Å². The van der Waals surface area contributed by atoms with Crippen molar-refractivity contribution in [1.82, 2.24) is 9.47 Å². The molecule has 6 rings (SSSR count). The maximum atomic E-state index is 13.4. The van der Waals surface area contributed by atoms with Crippen LogP contribution in [-0.4, -0.2) is 47.7 Å². The van der Waals surface area contributed by atoms with Crippen LogP contribution in [0.15, 0.2) is 53.0 Å². The van der Waals surface area contributed by atoms with Gasteiger partial charge in [-0.1, -0.05) is 6.07 Å². The first-order valence-electron chi connectivity index (χ1n) is 12.8. The molecule has 8 nitrogen and oxygen atoms in total. The summed E-state index contributed by atoms with van der Waals surface area (Å²) in [6.07, 6.45) is 2.71. The van der Waals surface area contributed by atoms with E-state index in [4.69, 9.17) is 14.2 Å². The maximum Gasteiger partial charge on any atom is 0.250 e. The van der Waals surface area contributed by atoms with Crippen LogP contribution in [0.4, 0.5) is 0 Å². The van der Waals surface area contributed by atoms with E-state index in [2.05, 4.69) is 4.90 Å². The number of carbonyl (C=O) groups is 1. The van der Waals surface area contributed by atoms with Crippen LogP contribution < -0.4 is 19.8 Å². The number of piperidine rings is 1. The lowest BCUT2D eigenvalue weighted by atomic mass is 9.83. The number of methoxy groups -OCH3 is 2.